The van der Waals surface area contributed by atoms with Gasteiger partial charge in [-0.15, -0.1) is 0 Å². The minimum Gasteiger partial charge on any atom is -0.480 e. The Bertz CT molecular complexity index is 1180. The molecule has 0 aliphatic rings. The third-order valence-electron chi connectivity index (χ3n) is 6.93. The molecule has 0 aliphatic carbocycles. The third kappa shape index (κ3) is 12.1. The molecule has 0 unspecified atom stereocenters. The van der Waals surface area contributed by atoms with Crippen molar-refractivity contribution < 1.29 is 34.5 Å². The highest BCUT2D eigenvalue weighted by Gasteiger charge is 2.34. The molecule has 0 fully saturated rings. The Morgan fingerprint density at radius 1 is 0.651 bits per heavy atom. The van der Waals surface area contributed by atoms with Gasteiger partial charge in [0, 0.05) is 6.04 Å². The van der Waals surface area contributed by atoms with Crippen molar-refractivity contribution in [2.45, 2.75) is 89.8 Å². The van der Waals surface area contributed by atoms with Crippen LogP contribution in [0.1, 0.15) is 51.7 Å². The lowest BCUT2D eigenvalue weighted by Gasteiger charge is -2.29. The molecule has 2 rings (SSSR count). The molecular formula is C32H46N4O7. The summed E-state index contributed by atoms with van der Waals surface area (Å²) in [6.45, 7) is 7.33. The van der Waals surface area contributed by atoms with E-state index in [2.05, 4.69) is 16.0 Å². The van der Waals surface area contributed by atoms with Crippen LogP contribution in [0, 0.1) is 11.8 Å². The number of rotatable bonds is 17. The topological polar surface area (TPSA) is 191 Å². The van der Waals surface area contributed by atoms with E-state index in [1.807, 2.05) is 58.0 Å². The number of amides is 3. The second-order valence-corrected chi connectivity index (χ2v) is 11.8. The van der Waals surface area contributed by atoms with Crippen LogP contribution in [-0.2, 0) is 32.0 Å². The minimum absolute atomic E-state index is 0.0325. The van der Waals surface area contributed by atoms with Gasteiger partial charge in [0.05, 0.1) is 6.04 Å². The maximum Gasteiger partial charge on any atom is 0.326 e. The predicted octanol–water partition coefficient (Wildman–Crippen LogP) is 1.15. The molecular weight excluding hydrogens is 552 g/mol. The van der Waals surface area contributed by atoms with Gasteiger partial charge in [-0.2, -0.15) is 0 Å². The molecule has 0 saturated heterocycles. The van der Waals surface area contributed by atoms with Gasteiger partial charge in [0.2, 0.25) is 5.91 Å². The van der Waals surface area contributed by atoms with Crippen LogP contribution in [0.3, 0.4) is 0 Å². The zero-order valence-corrected chi connectivity index (χ0v) is 25.3. The number of hydrogen-bond acceptors (Lipinski definition) is 7. The van der Waals surface area contributed by atoms with Crippen molar-refractivity contribution in [3.63, 3.8) is 0 Å². The largest absolute Gasteiger partial charge is 0.480 e. The van der Waals surface area contributed by atoms with E-state index in [0.717, 1.165) is 5.56 Å². The van der Waals surface area contributed by atoms with Crippen molar-refractivity contribution in [2.24, 2.45) is 17.6 Å². The molecule has 2 aromatic rings. The number of aliphatic hydroxyl groups excluding tert-OH is 2. The summed E-state index contributed by atoms with van der Waals surface area (Å²) in [5.41, 5.74) is 7.66. The Kier molecular flexibility index (Phi) is 14.3. The molecule has 236 valence electrons. The fraction of sp³-hybridized carbons (Fsp3) is 0.500. The Morgan fingerprint density at radius 3 is 1.58 bits per heavy atom. The van der Waals surface area contributed by atoms with E-state index in [-0.39, 0.29) is 37.5 Å². The molecule has 0 heterocycles. The monoisotopic (exact) mass is 598 g/mol. The molecule has 0 aromatic heterocycles. The number of nitrogens with one attached hydrogen (secondary N) is 3. The fourth-order valence-electron chi connectivity index (χ4n) is 4.68. The Labute approximate surface area is 253 Å². The van der Waals surface area contributed by atoms with Gasteiger partial charge in [0.15, 0.2) is 6.10 Å². The lowest BCUT2D eigenvalue weighted by molar-refractivity contribution is -0.144. The summed E-state index contributed by atoms with van der Waals surface area (Å²) in [7, 11) is 0. The van der Waals surface area contributed by atoms with Gasteiger partial charge < -0.3 is 37.0 Å². The van der Waals surface area contributed by atoms with Crippen molar-refractivity contribution >= 4 is 23.7 Å². The van der Waals surface area contributed by atoms with Gasteiger partial charge in [-0.1, -0.05) is 88.4 Å². The highest BCUT2D eigenvalue weighted by Crippen LogP contribution is 2.12. The van der Waals surface area contributed by atoms with E-state index >= 15 is 0 Å². The van der Waals surface area contributed by atoms with Gasteiger partial charge >= 0.3 is 5.97 Å². The molecule has 0 radical (unpaired) electrons. The van der Waals surface area contributed by atoms with Gasteiger partial charge in [-0.3, -0.25) is 14.4 Å². The molecule has 2 aromatic carbocycles. The van der Waals surface area contributed by atoms with E-state index in [4.69, 9.17) is 5.73 Å². The number of carboxylic acids is 1. The van der Waals surface area contributed by atoms with Crippen LogP contribution in [0.25, 0.3) is 0 Å². The van der Waals surface area contributed by atoms with Crippen LogP contribution in [0.2, 0.25) is 0 Å². The molecule has 8 N–H and O–H groups in total. The van der Waals surface area contributed by atoms with E-state index in [1.54, 1.807) is 30.3 Å². The van der Waals surface area contributed by atoms with E-state index in [1.165, 1.54) is 0 Å². The summed E-state index contributed by atoms with van der Waals surface area (Å²) in [5, 5.41) is 38.8. The molecule has 0 spiro atoms. The predicted molar refractivity (Wildman–Crippen MR) is 163 cm³/mol. The highest BCUT2D eigenvalue weighted by atomic mass is 16.4. The lowest BCUT2D eigenvalue weighted by Crippen LogP contribution is -2.59. The molecule has 43 heavy (non-hydrogen) atoms. The zero-order valence-electron chi connectivity index (χ0n) is 25.3. The molecule has 3 amide bonds. The average molecular weight is 599 g/mol. The van der Waals surface area contributed by atoms with Crippen molar-refractivity contribution in [3.8, 4) is 0 Å². The van der Waals surface area contributed by atoms with E-state index < -0.39 is 60.1 Å². The normalized spacial score (nSPS) is 15.6. The number of carboxylic acid groups (broad SMARTS) is 1. The zero-order chi connectivity index (χ0) is 32.1. The molecule has 0 bridgehead atoms. The first kappa shape index (κ1) is 35.4. The highest BCUT2D eigenvalue weighted by molar-refractivity contribution is 5.91. The second kappa shape index (κ2) is 17.3. The number of nitrogens with two attached hydrogens (primary N) is 1. The van der Waals surface area contributed by atoms with Crippen LogP contribution >= 0.6 is 0 Å². The van der Waals surface area contributed by atoms with Crippen molar-refractivity contribution in [2.75, 3.05) is 0 Å². The number of aliphatic hydroxyl groups is 2. The molecule has 0 saturated carbocycles. The maximum atomic E-state index is 13.5. The van der Waals surface area contributed by atoms with Gasteiger partial charge in [0.25, 0.3) is 11.8 Å². The number of benzene rings is 2. The number of carbonyl (C=O) groups excluding carboxylic acids is 3. The quantitative estimate of drug-likeness (QED) is 0.141. The maximum absolute atomic E-state index is 13.5. The second-order valence-electron chi connectivity index (χ2n) is 11.8. The standard InChI is InChI=1S/C32H46N4O7/c1-19(2)15-25(35-30(40)27(37)23(33)17-21-11-7-5-8-12-21)29(39)34-24(18-22-13-9-6-10-14-22)28(38)31(41)36-26(32(42)43)16-20(3)4/h5-14,19-20,23-28,37-38H,15-18,33H2,1-4H3,(H,34,39)(H,35,40)(H,36,41)(H,42,43)/t23-,24-,25+,26+,27+,28+/m1/s1. The SMILES string of the molecule is CC(C)C[C@H](NC(=O)[C@@H](O)[C@@H](Cc1ccccc1)NC(=O)[C@H](CC(C)C)NC(=O)[C@@H](O)[C@H](N)Cc1ccccc1)C(=O)O. The Morgan fingerprint density at radius 2 is 1.09 bits per heavy atom. The van der Waals surface area contributed by atoms with Crippen LogP contribution in [-0.4, -0.2) is 75.4 Å². The van der Waals surface area contributed by atoms with Crippen LogP contribution in [0.5, 0.6) is 0 Å². The summed E-state index contributed by atoms with van der Waals surface area (Å²) in [6.07, 6.45) is -2.73. The summed E-state index contributed by atoms with van der Waals surface area (Å²) >= 11 is 0. The summed E-state index contributed by atoms with van der Waals surface area (Å²) in [5.74, 6) is -3.74. The van der Waals surface area contributed by atoms with E-state index in [9.17, 15) is 34.5 Å². The van der Waals surface area contributed by atoms with Crippen LogP contribution in [0.4, 0.5) is 0 Å². The fourth-order valence-corrected chi connectivity index (χ4v) is 4.68. The summed E-state index contributed by atoms with van der Waals surface area (Å²) in [6, 6.07) is 13.6. The Hall–Kier alpha value is -3.80. The van der Waals surface area contributed by atoms with Crippen molar-refractivity contribution in [1.29, 1.82) is 0 Å². The lowest BCUT2D eigenvalue weighted by atomic mass is 9.97. The molecule has 0 aliphatic heterocycles. The van der Waals surface area contributed by atoms with Gasteiger partial charge in [0.1, 0.15) is 18.2 Å². The number of hydrogen-bond donors (Lipinski definition) is 7. The first-order valence-corrected chi connectivity index (χ1v) is 14.6. The van der Waals surface area contributed by atoms with Gasteiger partial charge in [-0.05, 0) is 48.6 Å². The average Bonchev–Trinajstić information content (AvgIpc) is 2.95. The molecule has 6 atom stereocenters. The smallest absolute Gasteiger partial charge is 0.326 e. The van der Waals surface area contributed by atoms with Gasteiger partial charge in [-0.25, -0.2) is 4.79 Å². The summed E-state index contributed by atoms with van der Waals surface area (Å²) in [4.78, 5) is 51.2. The van der Waals surface area contributed by atoms with Crippen LogP contribution in [0.15, 0.2) is 60.7 Å². The number of aliphatic carboxylic acids is 1. The third-order valence-corrected chi connectivity index (χ3v) is 6.93. The molecule has 11 nitrogen and oxygen atoms in total. The van der Waals surface area contributed by atoms with Crippen molar-refractivity contribution in [1.82, 2.24) is 16.0 Å². The number of carbonyl (C=O) groups is 4. The summed E-state index contributed by atoms with van der Waals surface area (Å²) < 4.78 is 0. The Balaban J connectivity index is 2.21. The molecule has 11 heteroatoms. The first-order chi connectivity index (χ1) is 20.3. The van der Waals surface area contributed by atoms with Crippen LogP contribution < -0.4 is 21.7 Å². The minimum atomic E-state index is -1.79. The van der Waals surface area contributed by atoms with E-state index in [0.29, 0.717) is 5.56 Å². The first-order valence-electron chi connectivity index (χ1n) is 14.6. The van der Waals surface area contributed by atoms with Crippen molar-refractivity contribution in [3.05, 3.63) is 71.8 Å².